The van der Waals surface area contributed by atoms with Crippen molar-refractivity contribution in [2.45, 2.75) is 41.9 Å². The van der Waals surface area contributed by atoms with E-state index in [2.05, 4.69) is 15.1 Å². The lowest BCUT2D eigenvalue weighted by Gasteiger charge is -2.36. The van der Waals surface area contributed by atoms with E-state index in [1.807, 2.05) is 4.90 Å². The minimum Gasteiger partial charge on any atom is -0.371 e. The second-order valence-corrected chi connectivity index (χ2v) is 10.6. The predicted octanol–water partition coefficient (Wildman–Crippen LogP) is 5.61. The van der Waals surface area contributed by atoms with E-state index in [4.69, 9.17) is 0 Å². The highest BCUT2D eigenvalue weighted by Gasteiger charge is 2.31. The van der Waals surface area contributed by atoms with E-state index in [9.17, 15) is 31.1 Å². The summed E-state index contributed by atoms with van der Waals surface area (Å²) in [6.07, 6.45) is -2.45. The van der Waals surface area contributed by atoms with E-state index in [0.29, 0.717) is 39.1 Å². The van der Waals surface area contributed by atoms with Crippen LogP contribution in [0.4, 0.5) is 37.7 Å². The van der Waals surface area contributed by atoms with Gasteiger partial charge in [-0.05, 0) is 73.1 Å². The molecule has 0 aromatic heterocycles. The number of hydrogen-bond donors (Lipinski definition) is 1. The fraction of sp³-hybridized carbons (Fsp3) is 0.500. The Morgan fingerprint density at radius 3 is 1.84 bits per heavy atom. The molecule has 12 heteroatoms. The molecule has 1 N–H and O–H groups in total. The number of benzene rings is 2. The second kappa shape index (κ2) is 12.1. The Hall–Kier alpha value is -2.60. The summed E-state index contributed by atoms with van der Waals surface area (Å²) in [5.41, 5.74) is -3.33. The molecule has 0 radical (unpaired) electrons. The van der Waals surface area contributed by atoms with E-state index in [0.717, 1.165) is 49.4 Å². The van der Waals surface area contributed by atoms with Crippen molar-refractivity contribution in [2.75, 3.05) is 55.6 Å². The molecule has 1 amide bonds. The molecular formula is C26H30F6N4OS. The van der Waals surface area contributed by atoms with Gasteiger partial charge < -0.3 is 15.1 Å². The number of amides is 1. The van der Waals surface area contributed by atoms with Crippen molar-refractivity contribution < 1.29 is 31.1 Å². The highest BCUT2D eigenvalue weighted by molar-refractivity contribution is 8.00. The summed E-state index contributed by atoms with van der Waals surface area (Å²) in [5, 5.41) is 3.09. The van der Waals surface area contributed by atoms with Crippen molar-refractivity contribution in [3.05, 3.63) is 54.1 Å². The summed E-state index contributed by atoms with van der Waals surface area (Å²) in [4.78, 5) is 19.0. The molecule has 2 heterocycles. The standard InChI is InChI=1S/C26H30F6N4OS/c27-25(28,29)19-1-3-21(4-2-19)36-17-15-34(16-18-36)12-11-24(37)33-20-9-13-35(14-10-20)22-5-7-23(8-6-22)38-26(30,31)32/h1-8,20H,9-18H2,(H,33,37). The maximum atomic E-state index is 12.8. The number of nitrogens with zero attached hydrogens (tertiary/aromatic N) is 3. The summed E-state index contributed by atoms with van der Waals surface area (Å²) in [5.74, 6) is -0.0119. The maximum Gasteiger partial charge on any atom is 0.446 e. The van der Waals surface area contributed by atoms with Gasteiger partial charge in [0.25, 0.3) is 0 Å². The maximum absolute atomic E-state index is 12.8. The first-order valence-electron chi connectivity index (χ1n) is 12.5. The largest absolute Gasteiger partial charge is 0.446 e. The van der Waals surface area contributed by atoms with Gasteiger partial charge in [0.15, 0.2) is 0 Å². The molecule has 2 aromatic rings. The number of thioether (sulfide) groups is 1. The SMILES string of the molecule is O=C(CCN1CCN(c2ccc(C(F)(F)F)cc2)CC1)NC1CCN(c2ccc(SC(F)(F)F)cc2)CC1. The number of piperidine rings is 1. The fourth-order valence-electron chi connectivity index (χ4n) is 4.79. The van der Waals surface area contributed by atoms with Gasteiger partial charge in [-0.1, -0.05) is 0 Å². The third-order valence-corrected chi connectivity index (χ3v) is 7.62. The molecule has 2 aromatic carbocycles. The Bertz CT molecular complexity index is 1050. The highest BCUT2D eigenvalue weighted by Crippen LogP contribution is 2.37. The lowest BCUT2D eigenvalue weighted by molar-refractivity contribution is -0.137. The van der Waals surface area contributed by atoms with Gasteiger partial charge in [0.05, 0.1) is 5.56 Å². The van der Waals surface area contributed by atoms with Crippen molar-refractivity contribution in [3.63, 3.8) is 0 Å². The number of carbonyl (C=O) groups excluding carboxylic acids is 1. The monoisotopic (exact) mass is 560 g/mol. The van der Waals surface area contributed by atoms with Crippen molar-refractivity contribution in [1.29, 1.82) is 0 Å². The zero-order valence-electron chi connectivity index (χ0n) is 20.7. The number of alkyl halides is 6. The highest BCUT2D eigenvalue weighted by atomic mass is 32.2. The quantitative estimate of drug-likeness (QED) is 0.352. The van der Waals surface area contributed by atoms with Crippen molar-refractivity contribution in [3.8, 4) is 0 Å². The molecule has 0 atom stereocenters. The average molecular weight is 561 g/mol. The van der Waals surface area contributed by atoms with Gasteiger partial charge in [-0.15, -0.1) is 0 Å². The summed E-state index contributed by atoms with van der Waals surface area (Å²) in [6, 6.07) is 11.6. The van der Waals surface area contributed by atoms with Gasteiger partial charge in [-0.3, -0.25) is 9.69 Å². The molecule has 38 heavy (non-hydrogen) atoms. The average Bonchev–Trinajstić information content (AvgIpc) is 2.87. The van der Waals surface area contributed by atoms with E-state index in [1.54, 1.807) is 12.1 Å². The van der Waals surface area contributed by atoms with Gasteiger partial charge in [0.1, 0.15) is 0 Å². The van der Waals surface area contributed by atoms with Crippen LogP contribution in [-0.2, 0) is 11.0 Å². The summed E-state index contributed by atoms with van der Waals surface area (Å²) in [6.45, 7) is 4.86. The Labute approximate surface area is 222 Å². The third-order valence-electron chi connectivity index (χ3n) is 6.88. The molecule has 2 aliphatic heterocycles. The number of piperazine rings is 1. The van der Waals surface area contributed by atoms with Crippen LogP contribution < -0.4 is 15.1 Å². The van der Waals surface area contributed by atoms with Gasteiger partial charge >= 0.3 is 11.7 Å². The Balaban J connectivity index is 1.13. The van der Waals surface area contributed by atoms with E-state index >= 15 is 0 Å². The smallest absolute Gasteiger partial charge is 0.371 e. The Kier molecular flexibility index (Phi) is 9.02. The first-order chi connectivity index (χ1) is 18.0. The number of halogens is 6. The van der Waals surface area contributed by atoms with Crippen LogP contribution in [0.1, 0.15) is 24.8 Å². The van der Waals surface area contributed by atoms with Gasteiger partial charge in [-0.2, -0.15) is 26.3 Å². The van der Waals surface area contributed by atoms with Crippen LogP contribution in [0.15, 0.2) is 53.4 Å². The topological polar surface area (TPSA) is 38.8 Å². The molecular weight excluding hydrogens is 530 g/mol. The first kappa shape index (κ1) is 28.4. The predicted molar refractivity (Wildman–Crippen MR) is 136 cm³/mol. The summed E-state index contributed by atoms with van der Waals surface area (Å²) < 4.78 is 75.8. The van der Waals surface area contributed by atoms with Crippen LogP contribution in [0.2, 0.25) is 0 Å². The molecule has 2 fully saturated rings. The minimum absolute atomic E-state index is 0.0119. The van der Waals surface area contributed by atoms with Gasteiger partial charge in [0, 0.05) is 74.5 Å². The fourth-order valence-corrected chi connectivity index (χ4v) is 5.33. The molecule has 208 valence electrons. The summed E-state index contributed by atoms with van der Waals surface area (Å²) >= 11 is -0.128. The van der Waals surface area contributed by atoms with Crippen molar-refractivity contribution >= 4 is 29.0 Å². The van der Waals surface area contributed by atoms with Crippen LogP contribution in [0.25, 0.3) is 0 Å². The number of rotatable bonds is 7. The molecule has 0 saturated carbocycles. The van der Waals surface area contributed by atoms with Gasteiger partial charge in [0.2, 0.25) is 5.91 Å². The minimum atomic E-state index is -4.34. The molecule has 4 rings (SSSR count). The molecule has 0 aliphatic carbocycles. The van der Waals surface area contributed by atoms with E-state index in [-0.39, 0.29) is 28.6 Å². The van der Waals surface area contributed by atoms with E-state index < -0.39 is 17.2 Å². The zero-order valence-corrected chi connectivity index (χ0v) is 21.5. The normalized spacial score (nSPS) is 18.1. The molecule has 2 aliphatic rings. The molecule has 0 unspecified atom stereocenters. The number of hydrogen-bond acceptors (Lipinski definition) is 5. The van der Waals surface area contributed by atoms with Gasteiger partial charge in [-0.25, -0.2) is 0 Å². The number of nitrogens with one attached hydrogen (secondary N) is 1. The lowest BCUT2D eigenvalue weighted by Crippen LogP contribution is -2.48. The molecule has 2 saturated heterocycles. The lowest BCUT2D eigenvalue weighted by atomic mass is 10.0. The van der Waals surface area contributed by atoms with Crippen molar-refractivity contribution in [1.82, 2.24) is 10.2 Å². The number of anilines is 2. The third kappa shape index (κ3) is 8.20. The van der Waals surface area contributed by atoms with Crippen LogP contribution in [-0.4, -0.2) is 68.2 Å². The Morgan fingerprint density at radius 1 is 0.789 bits per heavy atom. The van der Waals surface area contributed by atoms with Crippen LogP contribution >= 0.6 is 11.8 Å². The molecule has 5 nitrogen and oxygen atoms in total. The van der Waals surface area contributed by atoms with Crippen LogP contribution in [0, 0.1) is 0 Å². The second-order valence-electron chi connectivity index (χ2n) is 9.49. The Morgan fingerprint density at radius 2 is 1.32 bits per heavy atom. The molecule has 0 bridgehead atoms. The summed E-state index contributed by atoms with van der Waals surface area (Å²) in [7, 11) is 0. The first-order valence-corrected chi connectivity index (χ1v) is 13.3. The molecule has 0 spiro atoms. The van der Waals surface area contributed by atoms with E-state index in [1.165, 1.54) is 24.3 Å². The zero-order chi connectivity index (χ0) is 27.3. The van der Waals surface area contributed by atoms with Crippen LogP contribution in [0.5, 0.6) is 0 Å². The van der Waals surface area contributed by atoms with Crippen LogP contribution in [0.3, 0.4) is 0 Å². The number of carbonyl (C=O) groups is 1. The van der Waals surface area contributed by atoms with Crippen molar-refractivity contribution in [2.24, 2.45) is 0 Å².